The van der Waals surface area contributed by atoms with Crippen LogP contribution >= 0.6 is 0 Å². The molecule has 1 aliphatic carbocycles. The summed E-state index contributed by atoms with van der Waals surface area (Å²) in [4.78, 5) is 35.9. The molecule has 0 bridgehead atoms. The van der Waals surface area contributed by atoms with E-state index in [-0.39, 0.29) is 11.8 Å². The zero-order valence-electron chi connectivity index (χ0n) is 15.4. The third-order valence-corrected chi connectivity index (χ3v) is 4.79. The van der Waals surface area contributed by atoms with Gasteiger partial charge in [-0.2, -0.15) is 0 Å². The van der Waals surface area contributed by atoms with Crippen LogP contribution < -0.4 is 15.4 Å². The molecule has 1 fully saturated rings. The number of nitrogens with one attached hydrogen (secondary N) is 2. The topological polar surface area (TPSA) is 105 Å². The van der Waals surface area contributed by atoms with Crippen LogP contribution in [0.1, 0.15) is 46.0 Å². The Balaban J connectivity index is 2.16. The van der Waals surface area contributed by atoms with E-state index in [0.29, 0.717) is 17.1 Å². The van der Waals surface area contributed by atoms with E-state index in [1.54, 1.807) is 18.2 Å². The summed E-state index contributed by atoms with van der Waals surface area (Å²) in [5.41, 5.74) is -0.719. The second kappa shape index (κ2) is 8.21. The molecular weight excluding hydrogens is 336 g/mol. The van der Waals surface area contributed by atoms with Crippen LogP contribution in [-0.4, -0.2) is 30.0 Å². The van der Waals surface area contributed by atoms with Gasteiger partial charge in [0, 0.05) is 11.6 Å². The first-order valence-corrected chi connectivity index (χ1v) is 8.79. The molecule has 0 aromatic heterocycles. The molecule has 0 heterocycles. The van der Waals surface area contributed by atoms with Gasteiger partial charge in [0.2, 0.25) is 11.8 Å². The van der Waals surface area contributed by atoms with Gasteiger partial charge in [-0.05, 0) is 44.9 Å². The SMILES string of the molecule is COc1ccc(NC(=O)C(C)(C)C(=O)O)cc1NC(=O)C1CCCCC1. The number of carboxylic acids is 1. The Morgan fingerprint density at radius 1 is 1.12 bits per heavy atom. The number of hydrogen-bond donors (Lipinski definition) is 3. The summed E-state index contributed by atoms with van der Waals surface area (Å²) in [6.45, 7) is 2.67. The lowest BCUT2D eigenvalue weighted by molar-refractivity contribution is -0.151. The summed E-state index contributed by atoms with van der Waals surface area (Å²) < 4.78 is 5.28. The first-order valence-electron chi connectivity index (χ1n) is 8.79. The summed E-state index contributed by atoms with van der Waals surface area (Å²) in [5.74, 6) is -1.45. The highest BCUT2D eigenvalue weighted by molar-refractivity contribution is 6.08. The molecule has 0 spiro atoms. The Morgan fingerprint density at radius 2 is 1.77 bits per heavy atom. The molecule has 1 aliphatic rings. The molecule has 0 unspecified atom stereocenters. The maximum absolute atomic E-state index is 12.5. The van der Waals surface area contributed by atoms with Crippen molar-refractivity contribution >= 4 is 29.2 Å². The molecule has 0 saturated heterocycles. The minimum absolute atomic E-state index is 0.0161. The Bertz CT molecular complexity index is 693. The summed E-state index contributed by atoms with van der Waals surface area (Å²) >= 11 is 0. The van der Waals surface area contributed by atoms with Gasteiger partial charge < -0.3 is 20.5 Å². The second-order valence-electron chi connectivity index (χ2n) is 7.12. The van der Waals surface area contributed by atoms with E-state index < -0.39 is 17.3 Å². The average molecular weight is 362 g/mol. The number of carboxylic acid groups (broad SMARTS) is 1. The lowest BCUT2D eigenvalue weighted by Gasteiger charge is -2.22. The Hall–Kier alpha value is -2.57. The molecule has 7 heteroatoms. The number of aliphatic carboxylic acids is 1. The molecule has 1 saturated carbocycles. The molecule has 142 valence electrons. The number of benzene rings is 1. The minimum atomic E-state index is -1.56. The molecule has 1 aromatic carbocycles. The lowest BCUT2D eigenvalue weighted by Crippen LogP contribution is -2.37. The van der Waals surface area contributed by atoms with Crippen LogP contribution in [0.2, 0.25) is 0 Å². The van der Waals surface area contributed by atoms with Crippen molar-refractivity contribution in [2.75, 3.05) is 17.7 Å². The van der Waals surface area contributed by atoms with E-state index in [0.717, 1.165) is 32.1 Å². The van der Waals surface area contributed by atoms with Crippen LogP contribution in [0.4, 0.5) is 11.4 Å². The largest absolute Gasteiger partial charge is 0.495 e. The molecule has 0 radical (unpaired) electrons. The predicted molar refractivity (Wildman–Crippen MR) is 98.2 cm³/mol. The van der Waals surface area contributed by atoms with Crippen molar-refractivity contribution in [3.8, 4) is 5.75 Å². The van der Waals surface area contributed by atoms with Gasteiger partial charge in [0.15, 0.2) is 0 Å². The van der Waals surface area contributed by atoms with E-state index in [2.05, 4.69) is 10.6 Å². The summed E-state index contributed by atoms with van der Waals surface area (Å²) in [7, 11) is 1.50. The quantitative estimate of drug-likeness (QED) is 0.674. The molecule has 1 aromatic rings. The van der Waals surface area contributed by atoms with Crippen molar-refractivity contribution in [2.24, 2.45) is 11.3 Å². The monoisotopic (exact) mass is 362 g/mol. The van der Waals surface area contributed by atoms with E-state index in [9.17, 15) is 14.4 Å². The van der Waals surface area contributed by atoms with Crippen LogP contribution in [0, 0.1) is 11.3 Å². The van der Waals surface area contributed by atoms with Crippen molar-refractivity contribution in [3.63, 3.8) is 0 Å². The number of amides is 2. The number of carbonyl (C=O) groups is 3. The van der Waals surface area contributed by atoms with Crippen LogP contribution in [0.3, 0.4) is 0 Å². The summed E-state index contributed by atoms with van der Waals surface area (Å²) in [6, 6.07) is 4.81. The van der Waals surface area contributed by atoms with Crippen molar-refractivity contribution < 1.29 is 24.2 Å². The number of hydrogen-bond acceptors (Lipinski definition) is 4. The molecule has 7 nitrogen and oxygen atoms in total. The first kappa shape index (κ1) is 19.8. The fourth-order valence-electron chi connectivity index (χ4n) is 2.87. The standard InChI is InChI=1S/C19H26N2O5/c1-19(2,18(24)25)17(23)20-13-9-10-15(26-3)14(11-13)21-16(22)12-7-5-4-6-8-12/h9-12H,4-8H2,1-3H3,(H,20,23)(H,21,22)(H,24,25). The first-order chi connectivity index (χ1) is 12.3. The fraction of sp³-hybridized carbons (Fsp3) is 0.526. The average Bonchev–Trinajstić information content (AvgIpc) is 2.62. The normalized spacial score (nSPS) is 15.2. The summed E-state index contributed by atoms with van der Waals surface area (Å²) in [5, 5.41) is 14.6. The van der Waals surface area contributed by atoms with Crippen molar-refractivity contribution in [1.29, 1.82) is 0 Å². The van der Waals surface area contributed by atoms with Crippen molar-refractivity contribution in [3.05, 3.63) is 18.2 Å². The van der Waals surface area contributed by atoms with E-state index in [1.807, 2.05) is 0 Å². The Labute approximate surface area is 153 Å². The Morgan fingerprint density at radius 3 is 2.35 bits per heavy atom. The highest BCUT2D eigenvalue weighted by atomic mass is 16.5. The lowest BCUT2D eigenvalue weighted by atomic mass is 9.88. The van der Waals surface area contributed by atoms with Gasteiger partial charge >= 0.3 is 5.97 Å². The molecular formula is C19H26N2O5. The van der Waals surface area contributed by atoms with Crippen molar-refractivity contribution in [1.82, 2.24) is 0 Å². The maximum Gasteiger partial charge on any atom is 0.318 e. The van der Waals surface area contributed by atoms with Gasteiger partial charge in [0.25, 0.3) is 0 Å². The Kier molecular flexibility index (Phi) is 6.23. The van der Waals surface area contributed by atoms with Crippen LogP contribution in [0.15, 0.2) is 18.2 Å². The smallest absolute Gasteiger partial charge is 0.318 e. The van der Waals surface area contributed by atoms with Gasteiger partial charge in [0.05, 0.1) is 12.8 Å². The van der Waals surface area contributed by atoms with Crippen molar-refractivity contribution in [2.45, 2.75) is 46.0 Å². The number of ether oxygens (including phenoxy) is 1. The molecule has 2 rings (SSSR count). The molecule has 0 atom stereocenters. The highest BCUT2D eigenvalue weighted by Crippen LogP contribution is 2.31. The van der Waals surface area contributed by atoms with E-state index in [4.69, 9.17) is 9.84 Å². The molecule has 3 N–H and O–H groups in total. The van der Waals surface area contributed by atoms with Gasteiger partial charge in [-0.15, -0.1) is 0 Å². The molecule has 0 aliphatic heterocycles. The van der Waals surface area contributed by atoms with Gasteiger partial charge in [-0.1, -0.05) is 19.3 Å². The minimum Gasteiger partial charge on any atom is -0.495 e. The third-order valence-electron chi connectivity index (χ3n) is 4.79. The van der Waals surface area contributed by atoms with Crippen LogP contribution in [0.5, 0.6) is 5.75 Å². The third kappa shape index (κ3) is 4.53. The number of rotatable bonds is 6. The van der Waals surface area contributed by atoms with Crippen LogP contribution in [-0.2, 0) is 14.4 Å². The predicted octanol–water partition coefficient (Wildman–Crippen LogP) is 3.26. The molecule has 2 amide bonds. The number of carbonyl (C=O) groups excluding carboxylic acids is 2. The van der Waals surface area contributed by atoms with Gasteiger partial charge in [0.1, 0.15) is 11.2 Å². The van der Waals surface area contributed by atoms with Gasteiger partial charge in [-0.3, -0.25) is 14.4 Å². The van der Waals surface area contributed by atoms with Crippen LogP contribution in [0.25, 0.3) is 0 Å². The molecule has 26 heavy (non-hydrogen) atoms. The van der Waals surface area contributed by atoms with Gasteiger partial charge in [-0.25, -0.2) is 0 Å². The maximum atomic E-state index is 12.5. The fourth-order valence-corrected chi connectivity index (χ4v) is 2.87. The highest BCUT2D eigenvalue weighted by Gasteiger charge is 2.36. The zero-order valence-corrected chi connectivity index (χ0v) is 15.4. The van der Waals surface area contributed by atoms with E-state index in [1.165, 1.54) is 21.0 Å². The zero-order chi connectivity index (χ0) is 19.3. The summed E-state index contributed by atoms with van der Waals surface area (Å²) in [6.07, 6.45) is 5.01. The number of methoxy groups -OCH3 is 1. The van der Waals surface area contributed by atoms with E-state index >= 15 is 0 Å². The number of anilines is 2. The second-order valence-corrected chi connectivity index (χ2v) is 7.12.